The van der Waals surface area contributed by atoms with Crippen LogP contribution in [0.3, 0.4) is 0 Å². The lowest BCUT2D eigenvalue weighted by molar-refractivity contribution is -0.0772. The fourth-order valence-corrected chi connectivity index (χ4v) is 4.96. The molecule has 122 valence electrons. The fraction of sp³-hybridized carbons (Fsp3) is 0.579. The van der Waals surface area contributed by atoms with E-state index in [2.05, 4.69) is 51.9 Å². The van der Waals surface area contributed by atoms with Crippen molar-refractivity contribution >= 4 is 10.9 Å². The van der Waals surface area contributed by atoms with Crippen molar-refractivity contribution in [1.29, 1.82) is 0 Å². The summed E-state index contributed by atoms with van der Waals surface area (Å²) in [6, 6.07) is 7.43. The fourth-order valence-electron chi connectivity index (χ4n) is 4.96. The summed E-state index contributed by atoms with van der Waals surface area (Å²) in [5.74, 6) is 0. The van der Waals surface area contributed by atoms with Gasteiger partial charge >= 0.3 is 0 Å². The Hall–Kier alpha value is -1.36. The quantitative estimate of drug-likeness (QED) is 0.809. The third kappa shape index (κ3) is 2.09. The first-order chi connectivity index (χ1) is 11.2. The second-order valence-corrected chi connectivity index (χ2v) is 7.64. The smallest absolute Gasteiger partial charge is 0.0759 e. The highest BCUT2D eigenvalue weighted by atomic mass is 15.4. The number of rotatable bonds is 0. The van der Waals surface area contributed by atoms with E-state index in [0.29, 0.717) is 12.2 Å². The maximum Gasteiger partial charge on any atom is 0.0759 e. The van der Waals surface area contributed by atoms with Crippen molar-refractivity contribution in [1.82, 2.24) is 19.7 Å². The van der Waals surface area contributed by atoms with Crippen LogP contribution < -0.4 is 0 Å². The van der Waals surface area contributed by atoms with E-state index in [1.54, 1.807) is 5.56 Å². The Balaban J connectivity index is 1.56. The van der Waals surface area contributed by atoms with Gasteiger partial charge in [-0.2, -0.15) is 0 Å². The molecule has 1 aromatic carbocycles. The minimum Gasteiger partial charge on any atom is -0.357 e. The van der Waals surface area contributed by atoms with Gasteiger partial charge in [0.2, 0.25) is 0 Å². The summed E-state index contributed by atoms with van der Waals surface area (Å²) in [6.07, 6.45) is 3.05. The Kier molecular flexibility index (Phi) is 3.09. The Morgan fingerprint density at radius 1 is 1.13 bits per heavy atom. The molecule has 23 heavy (non-hydrogen) atoms. The molecule has 4 heteroatoms. The minimum atomic E-state index is 0.583. The average molecular weight is 310 g/mol. The van der Waals surface area contributed by atoms with Gasteiger partial charge in [-0.15, -0.1) is 0 Å². The number of benzene rings is 1. The molecule has 0 spiro atoms. The van der Waals surface area contributed by atoms with Gasteiger partial charge in [0.15, 0.2) is 0 Å². The summed E-state index contributed by atoms with van der Waals surface area (Å²) in [5.41, 5.74) is 5.78. The number of hydrogen-bond donors (Lipinski definition) is 1. The second kappa shape index (κ2) is 5.07. The lowest BCUT2D eigenvalue weighted by Gasteiger charge is -2.53. The van der Waals surface area contributed by atoms with Gasteiger partial charge in [0.05, 0.1) is 12.2 Å². The van der Waals surface area contributed by atoms with Gasteiger partial charge in [-0.05, 0) is 44.5 Å². The Labute approximate surface area is 138 Å². The van der Waals surface area contributed by atoms with Crippen LogP contribution in [0.5, 0.6) is 0 Å². The van der Waals surface area contributed by atoms with Crippen molar-refractivity contribution in [2.75, 3.05) is 39.8 Å². The van der Waals surface area contributed by atoms with Gasteiger partial charge in [-0.1, -0.05) is 11.6 Å². The highest BCUT2D eigenvalue weighted by molar-refractivity contribution is 5.85. The predicted octanol–water partition coefficient (Wildman–Crippen LogP) is 2.35. The van der Waals surface area contributed by atoms with Crippen LogP contribution in [0.1, 0.15) is 29.3 Å². The molecule has 5 rings (SSSR count). The number of piperazine rings is 1. The number of aromatic amines is 1. The zero-order valence-corrected chi connectivity index (χ0v) is 14.2. The summed E-state index contributed by atoms with van der Waals surface area (Å²) in [4.78, 5) is 11.7. The SMILES string of the molecule is Cc1ccc2[nH]c3c(c2c1)CCN1[C@H]3CCN2CCN(C)C[C@@H]21. The molecule has 1 N–H and O–H groups in total. The lowest BCUT2D eigenvalue weighted by Crippen LogP contribution is -2.64. The van der Waals surface area contributed by atoms with E-state index < -0.39 is 0 Å². The maximum absolute atomic E-state index is 3.78. The summed E-state index contributed by atoms with van der Waals surface area (Å²) < 4.78 is 0. The van der Waals surface area contributed by atoms with Crippen molar-refractivity contribution in [3.05, 3.63) is 35.0 Å². The van der Waals surface area contributed by atoms with Crippen LogP contribution in [0, 0.1) is 6.92 Å². The van der Waals surface area contributed by atoms with E-state index in [4.69, 9.17) is 0 Å². The lowest BCUT2D eigenvalue weighted by atomic mass is 9.91. The summed E-state index contributed by atoms with van der Waals surface area (Å²) in [6.45, 7) is 8.27. The number of aryl methyl sites for hydroxylation is 1. The molecule has 3 aliphatic heterocycles. The Bertz CT molecular complexity index is 749. The summed E-state index contributed by atoms with van der Waals surface area (Å²) in [7, 11) is 2.27. The van der Waals surface area contributed by atoms with Crippen LogP contribution in [0.2, 0.25) is 0 Å². The Morgan fingerprint density at radius 3 is 2.96 bits per heavy atom. The maximum atomic E-state index is 3.78. The van der Waals surface area contributed by atoms with Crippen molar-refractivity contribution < 1.29 is 0 Å². The van der Waals surface area contributed by atoms with Crippen molar-refractivity contribution in [3.63, 3.8) is 0 Å². The molecule has 2 atom stereocenters. The molecule has 0 amide bonds. The van der Waals surface area contributed by atoms with Crippen LogP contribution in [0.4, 0.5) is 0 Å². The average Bonchev–Trinajstić information content (AvgIpc) is 2.92. The van der Waals surface area contributed by atoms with Gasteiger partial charge in [-0.25, -0.2) is 0 Å². The van der Waals surface area contributed by atoms with Gasteiger partial charge in [-0.3, -0.25) is 9.80 Å². The third-order valence-corrected chi connectivity index (χ3v) is 6.19. The van der Waals surface area contributed by atoms with Crippen LogP contribution in [0.15, 0.2) is 18.2 Å². The zero-order chi connectivity index (χ0) is 15.6. The molecule has 2 aromatic rings. The zero-order valence-electron chi connectivity index (χ0n) is 14.2. The summed E-state index contributed by atoms with van der Waals surface area (Å²) in [5, 5.41) is 1.46. The number of hydrogen-bond acceptors (Lipinski definition) is 3. The molecule has 0 bridgehead atoms. The van der Waals surface area contributed by atoms with E-state index in [9.17, 15) is 0 Å². The minimum absolute atomic E-state index is 0.583. The molecule has 0 radical (unpaired) electrons. The standard InChI is InChI=1S/C19H26N4/c1-13-3-4-16-15(11-13)14-5-8-23-17(19(14)20-16)6-7-22-10-9-21(2)12-18(22)23/h3-4,11,17-18,20H,5-10,12H2,1-2H3/t17-,18-/m0/s1. The number of H-pyrrole nitrogens is 1. The van der Waals surface area contributed by atoms with E-state index in [0.717, 1.165) is 0 Å². The largest absolute Gasteiger partial charge is 0.357 e. The van der Waals surface area contributed by atoms with Crippen molar-refractivity contribution in [2.24, 2.45) is 0 Å². The molecule has 3 aliphatic rings. The van der Waals surface area contributed by atoms with Gasteiger partial charge in [0, 0.05) is 49.3 Å². The number of likely N-dealkylation sites (N-methyl/N-ethyl adjacent to an activating group) is 1. The molecule has 4 heterocycles. The summed E-state index contributed by atoms with van der Waals surface area (Å²) >= 11 is 0. The van der Waals surface area contributed by atoms with Crippen LogP contribution in [-0.2, 0) is 6.42 Å². The normalized spacial score (nSPS) is 29.3. The van der Waals surface area contributed by atoms with E-state index in [1.807, 2.05) is 0 Å². The predicted molar refractivity (Wildman–Crippen MR) is 93.7 cm³/mol. The molecule has 2 saturated heterocycles. The molecule has 4 nitrogen and oxygen atoms in total. The Morgan fingerprint density at radius 2 is 2.04 bits per heavy atom. The van der Waals surface area contributed by atoms with Gasteiger partial charge < -0.3 is 9.88 Å². The van der Waals surface area contributed by atoms with Gasteiger partial charge in [0.25, 0.3) is 0 Å². The van der Waals surface area contributed by atoms with E-state index >= 15 is 0 Å². The molecule has 0 aliphatic carbocycles. The first-order valence-corrected chi connectivity index (χ1v) is 9.00. The van der Waals surface area contributed by atoms with Crippen molar-refractivity contribution in [2.45, 2.75) is 32.0 Å². The highest BCUT2D eigenvalue weighted by Gasteiger charge is 2.42. The molecule has 1 aromatic heterocycles. The van der Waals surface area contributed by atoms with Crippen LogP contribution in [-0.4, -0.2) is 65.6 Å². The number of aromatic nitrogens is 1. The molecule has 2 fully saturated rings. The van der Waals surface area contributed by atoms with Crippen LogP contribution >= 0.6 is 0 Å². The van der Waals surface area contributed by atoms with Gasteiger partial charge in [0.1, 0.15) is 0 Å². The molecular formula is C19H26N4. The monoisotopic (exact) mass is 310 g/mol. The molecular weight excluding hydrogens is 284 g/mol. The molecule has 0 saturated carbocycles. The van der Waals surface area contributed by atoms with Crippen molar-refractivity contribution in [3.8, 4) is 0 Å². The number of nitrogens with zero attached hydrogens (tertiary/aromatic N) is 3. The first kappa shape index (κ1) is 14.0. The third-order valence-electron chi connectivity index (χ3n) is 6.19. The van der Waals surface area contributed by atoms with E-state index in [1.165, 1.54) is 67.7 Å². The molecule has 0 unspecified atom stereocenters. The highest BCUT2D eigenvalue weighted by Crippen LogP contribution is 2.40. The first-order valence-electron chi connectivity index (χ1n) is 9.00. The topological polar surface area (TPSA) is 25.5 Å². The van der Waals surface area contributed by atoms with E-state index in [-0.39, 0.29) is 0 Å². The number of nitrogens with one attached hydrogen (secondary N) is 1. The van der Waals surface area contributed by atoms with Crippen LogP contribution in [0.25, 0.3) is 10.9 Å². The number of fused-ring (bicyclic) bond motifs is 7. The second-order valence-electron chi connectivity index (χ2n) is 7.64.